The Balaban J connectivity index is 1.45. The highest BCUT2D eigenvalue weighted by atomic mass is 16.2. The third-order valence-corrected chi connectivity index (χ3v) is 4.83. The number of hydrogen-bond donors (Lipinski definition) is 2. The smallest absolute Gasteiger partial charge is 0.227 e. The highest BCUT2D eigenvalue weighted by Crippen LogP contribution is 2.30. The van der Waals surface area contributed by atoms with E-state index in [0.29, 0.717) is 18.9 Å². The molecule has 1 aromatic carbocycles. The average molecular weight is 314 g/mol. The molecule has 2 amide bonds. The van der Waals surface area contributed by atoms with E-state index in [9.17, 15) is 9.59 Å². The minimum Gasteiger partial charge on any atom is -0.352 e. The van der Waals surface area contributed by atoms with Gasteiger partial charge in [-0.3, -0.25) is 9.59 Å². The van der Waals surface area contributed by atoms with Crippen LogP contribution >= 0.6 is 0 Å². The van der Waals surface area contributed by atoms with Crippen LogP contribution in [0.3, 0.4) is 0 Å². The molecule has 4 heteroatoms. The summed E-state index contributed by atoms with van der Waals surface area (Å²) in [5, 5.41) is 5.96. The molecule has 0 radical (unpaired) electrons. The highest BCUT2D eigenvalue weighted by molar-refractivity contribution is 5.94. The molecule has 0 heterocycles. The third-order valence-electron chi connectivity index (χ3n) is 4.83. The second-order valence-electron chi connectivity index (χ2n) is 6.95. The molecule has 2 N–H and O–H groups in total. The Kier molecular flexibility index (Phi) is 5.31. The van der Waals surface area contributed by atoms with E-state index in [1.165, 1.54) is 32.1 Å². The number of anilines is 1. The molecule has 2 saturated carbocycles. The van der Waals surface area contributed by atoms with Crippen LogP contribution in [-0.2, 0) is 16.1 Å². The minimum absolute atomic E-state index is 0.114. The van der Waals surface area contributed by atoms with Crippen molar-refractivity contribution in [1.29, 1.82) is 0 Å². The fraction of sp³-hybridized carbons (Fsp3) is 0.579. The fourth-order valence-electron chi connectivity index (χ4n) is 3.28. The van der Waals surface area contributed by atoms with Gasteiger partial charge in [-0.2, -0.15) is 0 Å². The lowest BCUT2D eigenvalue weighted by molar-refractivity contribution is -0.122. The number of amides is 2. The number of nitrogens with one attached hydrogen (secondary N) is 2. The molecule has 124 valence electrons. The van der Waals surface area contributed by atoms with Crippen LogP contribution in [0.2, 0.25) is 0 Å². The molecule has 0 aromatic heterocycles. The molecule has 0 aliphatic heterocycles. The Morgan fingerprint density at radius 3 is 2.57 bits per heavy atom. The van der Waals surface area contributed by atoms with Gasteiger partial charge in [-0.15, -0.1) is 0 Å². The fourth-order valence-corrected chi connectivity index (χ4v) is 3.28. The van der Waals surface area contributed by atoms with Crippen LogP contribution < -0.4 is 10.6 Å². The number of carbonyl (C=O) groups is 2. The van der Waals surface area contributed by atoms with E-state index in [1.807, 2.05) is 24.3 Å². The Bertz CT molecular complexity index is 560. The third kappa shape index (κ3) is 5.08. The van der Waals surface area contributed by atoms with Gasteiger partial charge in [0, 0.05) is 24.6 Å². The zero-order chi connectivity index (χ0) is 16.1. The standard InChI is InChI=1S/C19H26N2O2/c22-18(12-14-5-2-1-3-6-14)20-13-15-7-4-8-17(11-15)21-19(23)16-9-10-16/h4,7-8,11,14,16H,1-3,5-6,9-10,12-13H2,(H,20,22)(H,21,23). The molecule has 23 heavy (non-hydrogen) atoms. The predicted molar refractivity (Wildman–Crippen MR) is 90.8 cm³/mol. The van der Waals surface area contributed by atoms with E-state index < -0.39 is 0 Å². The van der Waals surface area contributed by atoms with Gasteiger partial charge in [0.05, 0.1) is 0 Å². The first kappa shape index (κ1) is 16.0. The second kappa shape index (κ2) is 7.62. The highest BCUT2D eigenvalue weighted by Gasteiger charge is 2.29. The SMILES string of the molecule is O=C(CC1CCCCC1)NCc1cccc(NC(=O)C2CC2)c1. The summed E-state index contributed by atoms with van der Waals surface area (Å²) in [6.45, 7) is 0.526. The summed E-state index contributed by atoms with van der Waals surface area (Å²) in [6, 6.07) is 7.74. The van der Waals surface area contributed by atoms with Crippen molar-refractivity contribution in [3.05, 3.63) is 29.8 Å². The monoisotopic (exact) mass is 314 g/mol. The van der Waals surface area contributed by atoms with Gasteiger partial charge in [0.15, 0.2) is 0 Å². The number of hydrogen-bond acceptors (Lipinski definition) is 2. The summed E-state index contributed by atoms with van der Waals surface area (Å²) in [5.41, 5.74) is 1.84. The molecule has 0 bridgehead atoms. The summed E-state index contributed by atoms with van der Waals surface area (Å²) >= 11 is 0. The average Bonchev–Trinajstić information content (AvgIpc) is 3.39. The summed E-state index contributed by atoms with van der Waals surface area (Å²) in [6.07, 6.45) is 8.88. The molecule has 1 aromatic rings. The van der Waals surface area contributed by atoms with Gasteiger partial charge in [0.2, 0.25) is 11.8 Å². The van der Waals surface area contributed by atoms with E-state index in [0.717, 1.165) is 24.1 Å². The minimum atomic E-state index is 0.114. The van der Waals surface area contributed by atoms with E-state index >= 15 is 0 Å². The Morgan fingerprint density at radius 2 is 1.83 bits per heavy atom. The van der Waals surface area contributed by atoms with Crippen LogP contribution in [0.25, 0.3) is 0 Å². The van der Waals surface area contributed by atoms with Crippen molar-refractivity contribution in [1.82, 2.24) is 5.32 Å². The normalized spacial score (nSPS) is 18.4. The first-order chi connectivity index (χ1) is 11.2. The van der Waals surface area contributed by atoms with E-state index in [2.05, 4.69) is 10.6 Å². The first-order valence-electron chi connectivity index (χ1n) is 8.87. The molecule has 0 atom stereocenters. The van der Waals surface area contributed by atoms with Gasteiger partial charge in [0.25, 0.3) is 0 Å². The molecule has 2 aliphatic carbocycles. The van der Waals surface area contributed by atoms with Gasteiger partial charge < -0.3 is 10.6 Å². The zero-order valence-corrected chi connectivity index (χ0v) is 13.6. The van der Waals surface area contributed by atoms with Crippen molar-refractivity contribution >= 4 is 17.5 Å². The summed E-state index contributed by atoms with van der Waals surface area (Å²) in [7, 11) is 0. The largest absolute Gasteiger partial charge is 0.352 e. The maximum atomic E-state index is 12.1. The van der Waals surface area contributed by atoms with E-state index in [1.54, 1.807) is 0 Å². The van der Waals surface area contributed by atoms with Gasteiger partial charge in [-0.1, -0.05) is 31.4 Å². The van der Waals surface area contributed by atoms with Crippen molar-refractivity contribution in [2.75, 3.05) is 5.32 Å². The number of rotatable bonds is 6. The van der Waals surface area contributed by atoms with Crippen LogP contribution in [0.5, 0.6) is 0 Å². The molecular weight excluding hydrogens is 288 g/mol. The topological polar surface area (TPSA) is 58.2 Å². The Labute approximate surface area is 138 Å². The molecule has 2 fully saturated rings. The Morgan fingerprint density at radius 1 is 1.04 bits per heavy atom. The van der Waals surface area contributed by atoms with Crippen LogP contribution in [0.1, 0.15) is 56.9 Å². The second-order valence-corrected chi connectivity index (χ2v) is 6.95. The molecule has 0 spiro atoms. The molecule has 0 unspecified atom stereocenters. The van der Waals surface area contributed by atoms with Crippen molar-refractivity contribution in [2.45, 2.75) is 57.9 Å². The summed E-state index contributed by atoms with van der Waals surface area (Å²) < 4.78 is 0. The maximum absolute atomic E-state index is 12.1. The van der Waals surface area contributed by atoms with Crippen molar-refractivity contribution in [2.24, 2.45) is 11.8 Å². The lowest BCUT2D eigenvalue weighted by Gasteiger charge is -2.20. The van der Waals surface area contributed by atoms with Crippen LogP contribution in [0, 0.1) is 11.8 Å². The van der Waals surface area contributed by atoms with Gasteiger partial charge in [0.1, 0.15) is 0 Å². The Hall–Kier alpha value is -1.84. The molecule has 3 rings (SSSR count). The van der Waals surface area contributed by atoms with Gasteiger partial charge >= 0.3 is 0 Å². The predicted octanol–water partition coefficient (Wildman–Crippen LogP) is 3.62. The number of carbonyl (C=O) groups excluding carboxylic acids is 2. The summed E-state index contributed by atoms with van der Waals surface area (Å²) in [5.74, 6) is 1.02. The zero-order valence-electron chi connectivity index (χ0n) is 13.6. The first-order valence-corrected chi connectivity index (χ1v) is 8.87. The van der Waals surface area contributed by atoms with Crippen LogP contribution in [-0.4, -0.2) is 11.8 Å². The van der Waals surface area contributed by atoms with Crippen LogP contribution in [0.15, 0.2) is 24.3 Å². The van der Waals surface area contributed by atoms with Crippen molar-refractivity contribution in [3.63, 3.8) is 0 Å². The van der Waals surface area contributed by atoms with Crippen LogP contribution in [0.4, 0.5) is 5.69 Å². The van der Waals surface area contributed by atoms with Gasteiger partial charge in [-0.05, 0) is 49.3 Å². The molecule has 0 saturated heterocycles. The van der Waals surface area contributed by atoms with E-state index in [4.69, 9.17) is 0 Å². The molecule has 2 aliphatic rings. The van der Waals surface area contributed by atoms with Crippen molar-refractivity contribution < 1.29 is 9.59 Å². The molecular formula is C19H26N2O2. The lowest BCUT2D eigenvalue weighted by atomic mass is 9.87. The van der Waals surface area contributed by atoms with Crippen molar-refractivity contribution in [3.8, 4) is 0 Å². The quantitative estimate of drug-likeness (QED) is 0.842. The molecule has 4 nitrogen and oxygen atoms in total. The van der Waals surface area contributed by atoms with Gasteiger partial charge in [-0.25, -0.2) is 0 Å². The lowest BCUT2D eigenvalue weighted by Crippen LogP contribution is -2.26. The summed E-state index contributed by atoms with van der Waals surface area (Å²) in [4.78, 5) is 23.9. The van der Waals surface area contributed by atoms with E-state index in [-0.39, 0.29) is 17.7 Å². The number of benzene rings is 1. The maximum Gasteiger partial charge on any atom is 0.227 e.